The maximum absolute atomic E-state index is 13.3. The summed E-state index contributed by atoms with van der Waals surface area (Å²) in [4.78, 5) is 75.7. The van der Waals surface area contributed by atoms with Crippen LogP contribution in [0.2, 0.25) is 5.02 Å². The SMILES string of the molecule is O=C1CCC(N2C(=O)c3cccc(NCc4cn(CCC(=O)Nc5ccc6c(Cl)c(N7CC(=O)NS7(=O)=O)c(O)cc6c5)nn4)c3C2=O)C(=O)N1. The first kappa shape index (κ1) is 33.4. The highest BCUT2D eigenvalue weighted by Gasteiger charge is 2.45. The zero-order valence-electron chi connectivity index (χ0n) is 26.2. The number of anilines is 3. The monoisotopic (exact) mass is 735 g/mol. The van der Waals surface area contributed by atoms with E-state index in [4.69, 9.17) is 11.6 Å². The molecule has 2 fully saturated rings. The van der Waals surface area contributed by atoms with Gasteiger partial charge in [0.25, 0.3) is 17.7 Å². The van der Waals surface area contributed by atoms with Gasteiger partial charge in [-0.25, -0.2) is 9.03 Å². The third-order valence-electron chi connectivity index (χ3n) is 8.47. The van der Waals surface area contributed by atoms with E-state index in [1.54, 1.807) is 36.5 Å². The number of imide groups is 2. The van der Waals surface area contributed by atoms with Crippen LogP contribution in [0, 0.1) is 0 Å². The number of nitrogens with one attached hydrogen (secondary N) is 4. The Morgan fingerprint density at radius 2 is 1.86 bits per heavy atom. The Bertz CT molecular complexity index is 2330. The zero-order chi connectivity index (χ0) is 36.2. The van der Waals surface area contributed by atoms with E-state index in [1.165, 1.54) is 16.8 Å². The van der Waals surface area contributed by atoms with Gasteiger partial charge in [-0.1, -0.05) is 28.9 Å². The van der Waals surface area contributed by atoms with Crippen molar-refractivity contribution in [2.75, 3.05) is 21.5 Å². The molecule has 0 saturated carbocycles. The molecule has 2 saturated heterocycles. The van der Waals surface area contributed by atoms with Crippen molar-refractivity contribution in [3.8, 4) is 5.75 Å². The highest BCUT2D eigenvalue weighted by molar-refractivity contribution is 7.92. The number of phenols is 1. The molecule has 3 aliphatic heterocycles. The maximum Gasteiger partial charge on any atom is 0.326 e. The van der Waals surface area contributed by atoms with Crippen LogP contribution < -0.4 is 25.0 Å². The molecule has 4 aromatic rings. The summed E-state index contributed by atoms with van der Waals surface area (Å²) in [5.74, 6) is -4.04. The Balaban J connectivity index is 0.963. The fourth-order valence-electron chi connectivity index (χ4n) is 6.12. The number of aryl methyl sites for hydroxylation is 1. The third kappa shape index (κ3) is 6.16. The molecule has 262 valence electrons. The average Bonchev–Trinajstić information content (AvgIpc) is 3.72. The van der Waals surface area contributed by atoms with Crippen LogP contribution in [0.15, 0.2) is 48.7 Å². The predicted octanol–water partition coefficient (Wildman–Crippen LogP) is 1.01. The van der Waals surface area contributed by atoms with Gasteiger partial charge in [-0.3, -0.25) is 43.7 Å². The van der Waals surface area contributed by atoms with E-state index >= 15 is 0 Å². The van der Waals surface area contributed by atoms with Gasteiger partial charge in [-0.2, -0.15) is 8.42 Å². The van der Waals surface area contributed by atoms with Gasteiger partial charge in [0.1, 0.15) is 29.7 Å². The Morgan fingerprint density at radius 1 is 1.06 bits per heavy atom. The number of rotatable bonds is 9. The van der Waals surface area contributed by atoms with Crippen molar-refractivity contribution >= 4 is 85.1 Å². The van der Waals surface area contributed by atoms with E-state index < -0.39 is 58.1 Å². The van der Waals surface area contributed by atoms with Crippen LogP contribution in [-0.2, 0) is 42.5 Å². The molecule has 20 heteroatoms. The van der Waals surface area contributed by atoms with Gasteiger partial charge >= 0.3 is 10.2 Å². The normalized spacial score (nSPS) is 18.2. The molecule has 3 aliphatic rings. The molecule has 0 spiro atoms. The van der Waals surface area contributed by atoms with Crippen molar-refractivity contribution in [2.45, 2.75) is 38.4 Å². The van der Waals surface area contributed by atoms with E-state index in [2.05, 4.69) is 26.3 Å². The number of aromatic hydroxyl groups is 1. The zero-order valence-corrected chi connectivity index (χ0v) is 27.7. The highest BCUT2D eigenvalue weighted by Crippen LogP contribution is 2.43. The Hall–Kier alpha value is -6.08. The Morgan fingerprint density at radius 3 is 2.61 bits per heavy atom. The number of carbonyl (C=O) groups excluding carboxylic acids is 6. The predicted molar refractivity (Wildman–Crippen MR) is 179 cm³/mol. The molecule has 4 heterocycles. The number of hydrogen-bond acceptors (Lipinski definition) is 12. The minimum atomic E-state index is -4.21. The minimum absolute atomic E-state index is 0.00599. The van der Waals surface area contributed by atoms with Crippen LogP contribution in [-0.4, -0.2) is 81.4 Å². The summed E-state index contributed by atoms with van der Waals surface area (Å²) < 4.78 is 28.6. The third-order valence-corrected chi connectivity index (χ3v) is 10.2. The van der Waals surface area contributed by atoms with Gasteiger partial charge in [0.05, 0.1) is 35.4 Å². The van der Waals surface area contributed by atoms with Gasteiger partial charge in [0.15, 0.2) is 0 Å². The van der Waals surface area contributed by atoms with Gasteiger partial charge in [-0.15, -0.1) is 5.10 Å². The lowest BCUT2D eigenvalue weighted by atomic mass is 10.0. The number of amides is 6. The number of halogens is 1. The maximum atomic E-state index is 13.3. The quantitative estimate of drug-likeness (QED) is 0.151. The van der Waals surface area contributed by atoms with Crippen molar-refractivity contribution in [3.05, 3.63) is 70.5 Å². The van der Waals surface area contributed by atoms with E-state index in [9.17, 15) is 42.3 Å². The van der Waals surface area contributed by atoms with E-state index in [0.717, 1.165) is 4.90 Å². The number of nitrogens with zero attached hydrogens (tertiary/aromatic N) is 5. The lowest BCUT2D eigenvalue weighted by Gasteiger charge is -2.27. The number of hydrogen-bond donors (Lipinski definition) is 5. The van der Waals surface area contributed by atoms with Crippen molar-refractivity contribution in [1.29, 1.82) is 0 Å². The second-order valence-corrected chi connectivity index (χ2v) is 13.8. The highest BCUT2D eigenvalue weighted by atomic mass is 35.5. The first-order valence-corrected chi connectivity index (χ1v) is 17.2. The first-order valence-electron chi connectivity index (χ1n) is 15.4. The number of carbonyl (C=O) groups is 6. The molecular weight excluding hydrogens is 710 g/mol. The molecule has 0 aliphatic carbocycles. The molecule has 6 amide bonds. The lowest BCUT2D eigenvalue weighted by Crippen LogP contribution is -2.54. The largest absolute Gasteiger partial charge is 0.506 e. The molecule has 5 N–H and O–H groups in total. The smallest absolute Gasteiger partial charge is 0.326 e. The molecule has 7 rings (SSSR count). The average molecular weight is 736 g/mol. The molecule has 3 aromatic carbocycles. The second-order valence-electron chi connectivity index (χ2n) is 11.8. The van der Waals surface area contributed by atoms with Gasteiger partial charge < -0.3 is 15.7 Å². The van der Waals surface area contributed by atoms with Crippen LogP contribution in [0.5, 0.6) is 5.75 Å². The number of phenolic OH excluding ortho intramolecular Hbond substituents is 1. The van der Waals surface area contributed by atoms with Crippen LogP contribution >= 0.6 is 11.6 Å². The molecule has 0 bridgehead atoms. The van der Waals surface area contributed by atoms with E-state index in [1.807, 2.05) is 4.72 Å². The topological polar surface area (TPSA) is 242 Å². The molecule has 51 heavy (non-hydrogen) atoms. The molecule has 0 radical (unpaired) electrons. The van der Waals surface area contributed by atoms with Crippen molar-refractivity contribution in [3.63, 3.8) is 0 Å². The van der Waals surface area contributed by atoms with E-state index in [-0.39, 0.29) is 60.1 Å². The summed E-state index contributed by atoms with van der Waals surface area (Å²) in [6, 6.07) is 9.55. The number of benzene rings is 3. The second kappa shape index (κ2) is 12.7. The summed E-state index contributed by atoms with van der Waals surface area (Å²) in [6.45, 7) is -0.259. The number of aromatic nitrogens is 3. The Kier molecular flexibility index (Phi) is 8.30. The summed E-state index contributed by atoms with van der Waals surface area (Å²) in [6.07, 6.45) is 1.66. The van der Waals surface area contributed by atoms with Crippen LogP contribution in [0.25, 0.3) is 10.8 Å². The molecule has 1 unspecified atom stereocenters. The fourth-order valence-corrected chi connectivity index (χ4v) is 7.71. The summed E-state index contributed by atoms with van der Waals surface area (Å²) >= 11 is 6.45. The molecular formula is C31H26ClN9O9S. The van der Waals surface area contributed by atoms with Crippen molar-refractivity contribution in [1.82, 2.24) is 29.9 Å². The molecule has 1 aromatic heterocycles. The Labute approximate surface area is 292 Å². The summed E-state index contributed by atoms with van der Waals surface area (Å²) in [5.41, 5.74) is 1.20. The van der Waals surface area contributed by atoms with Crippen molar-refractivity contribution < 1.29 is 42.3 Å². The molecule has 18 nitrogen and oxygen atoms in total. The number of piperidine rings is 1. The summed E-state index contributed by atoms with van der Waals surface area (Å²) in [7, 11) is -4.21. The van der Waals surface area contributed by atoms with Crippen molar-refractivity contribution in [2.24, 2.45) is 0 Å². The fraction of sp³-hybridized carbons (Fsp3) is 0.226. The van der Waals surface area contributed by atoms with Gasteiger partial charge in [0.2, 0.25) is 17.7 Å². The minimum Gasteiger partial charge on any atom is -0.506 e. The lowest BCUT2D eigenvalue weighted by molar-refractivity contribution is -0.136. The van der Waals surface area contributed by atoms with Crippen LogP contribution in [0.3, 0.4) is 0 Å². The van der Waals surface area contributed by atoms with E-state index in [0.29, 0.717) is 32.1 Å². The van der Waals surface area contributed by atoms with Crippen LogP contribution in [0.4, 0.5) is 17.1 Å². The first-order chi connectivity index (χ1) is 24.3. The molecule has 1 atom stereocenters. The van der Waals surface area contributed by atoms with Crippen LogP contribution in [0.1, 0.15) is 45.7 Å². The summed E-state index contributed by atoms with van der Waals surface area (Å²) in [5, 5.41) is 27.4. The van der Waals surface area contributed by atoms with Gasteiger partial charge in [0, 0.05) is 29.6 Å². The number of fused-ring (bicyclic) bond motifs is 2. The standard InChI is InChI=1S/C31H26ClN9O9S/c32-27-18-5-4-16(10-15(18)11-22(42)28(27)40-14-25(45)37-51(40,49)50)34-24(44)8-9-39-13-17(36-38-39)12-33-20-3-1-2-19-26(20)31(48)41(30(19)47)21-6-7-23(43)35-29(21)46/h1-5,10-11,13,21,33,42H,6-9,12,14H2,(H,34,44)(H,37,45)(H,35,43,46). The van der Waals surface area contributed by atoms with Gasteiger partial charge in [-0.05, 0) is 42.1 Å².